The molecule has 0 amide bonds. The average molecular weight is 1170 g/mol. The Bertz CT molecular complexity index is 1120. The van der Waals surface area contributed by atoms with Crippen LogP contribution in [-0.2, 0) is 23.2 Å². The molecule has 0 saturated heterocycles. The van der Waals surface area contributed by atoms with Crippen LogP contribution in [0.4, 0.5) is 0 Å². The van der Waals surface area contributed by atoms with Gasteiger partial charge in [0.05, 0.1) is 27.3 Å². The number of Topliss-reactive ketones (excluding diaryl/α,β-unsaturated/α-hetero) is 1. The Morgan fingerprint density at radius 3 is 1.96 bits per heavy atom. The molecule has 0 radical (unpaired) electrons. The maximum Gasteiger partial charge on any atom is 0.165 e. The molecule has 1 rings (SSSR count). The van der Waals surface area contributed by atoms with Crippen molar-refractivity contribution < 1.29 is 23.2 Å². The maximum absolute atomic E-state index is 14.5. The molecule has 1 aliphatic rings. The first kappa shape index (κ1) is 58.5. The summed E-state index contributed by atoms with van der Waals surface area (Å²) < 4.78 is 21.0. The Kier molecular flexibility index (Phi) is 34.3. The maximum atomic E-state index is 14.5. The van der Waals surface area contributed by atoms with Gasteiger partial charge in [0.15, 0.2) is 5.78 Å². The number of hydrogen-bond acceptors (Lipinski definition) is 5. The third kappa shape index (κ3) is 19.1. The van der Waals surface area contributed by atoms with Crippen molar-refractivity contribution in [2.45, 2.75) is 72.2 Å². The molecule has 0 heterocycles. The molecule has 298 valence electrons. The van der Waals surface area contributed by atoms with E-state index in [9.17, 15) is 9.59 Å². The van der Waals surface area contributed by atoms with Crippen molar-refractivity contribution in [2.75, 3.05) is 0 Å². The van der Waals surface area contributed by atoms with Gasteiger partial charge in [-0.3, -0.25) is 4.79 Å². The van der Waals surface area contributed by atoms with E-state index in [0.717, 1.165) is 26.2 Å². The molecule has 0 bridgehead atoms. The molecule has 51 heavy (non-hydrogen) atoms. The van der Waals surface area contributed by atoms with Gasteiger partial charge in [0.25, 0.3) is 0 Å². The molecule has 0 aromatic rings. The van der Waals surface area contributed by atoms with E-state index in [-0.39, 0.29) is 85.7 Å². The lowest BCUT2D eigenvalue weighted by Crippen LogP contribution is -2.47. The summed E-state index contributed by atoms with van der Waals surface area (Å²) in [5.74, 6) is -0.533. The van der Waals surface area contributed by atoms with Crippen molar-refractivity contribution in [1.29, 1.82) is 0 Å². The van der Waals surface area contributed by atoms with Crippen molar-refractivity contribution in [3.63, 3.8) is 0 Å². The quantitative estimate of drug-likeness (QED) is 0.0547. The second-order valence-corrected chi connectivity index (χ2v) is 96.5. The van der Waals surface area contributed by atoms with Crippen LogP contribution in [-0.4, -0.2) is 30.4 Å². The van der Waals surface area contributed by atoms with Gasteiger partial charge < -0.3 is 18.4 Å². The van der Waals surface area contributed by atoms with Crippen molar-refractivity contribution in [2.24, 2.45) is 23.2 Å². The molecule has 0 N–H and O–H groups in total. The molecular formula is C21H59O5P25. The number of carbonyl (C=O) groups is 2. The predicted molar refractivity (Wildman–Crippen MR) is 310 cm³/mol. The molecule has 25 atom stereocenters. The fraction of sp³-hybridized carbons (Fsp3) is 0.714. The van der Waals surface area contributed by atoms with Crippen LogP contribution in [0.15, 0.2) is 23.8 Å². The average Bonchev–Trinajstić information content (AvgIpc) is 3.02. The van der Waals surface area contributed by atoms with Crippen LogP contribution in [0.25, 0.3) is 0 Å². The van der Waals surface area contributed by atoms with Crippen molar-refractivity contribution in [3.8, 4) is 0 Å². The highest BCUT2D eigenvalue weighted by Crippen LogP contribution is 3.18. The van der Waals surface area contributed by atoms with Gasteiger partial charge >= 0.3 is 0 Å². The molecule has 0 fully saturated rings. The number of allylic oxidation sites excluding steroid dienone is 1. The Balaban J connectivity index is 3.72. The van der Waals surface area contributed by atoms with Gasteiger partial charge in [0.1, 0.15) is 12.4 Å². The standard InChI is InChI=1S/C21H59O5P25/c1-12(8-7-9-22)18(14(3)19(23)15(4)25-42(44(29)30)50(41-28)46(33)34)20(24-40-27)16-10-17(13(2)11-21(16,5)6)26-43(49(39)45(31)32)51(47(35)36)48(37)38/h9,11,14-18,20,40-41H,1,7-8,10,27-39H2,2-6H3. The summed E-state index contributed by atoms with van der Waals surface area (Å²) in [4.78, 5) is 26.2. The normalized spacial score (nSPS) is 23.4. The van der Waals surface area contributed by atoms with Crippen molar-refractivity contribution in [1.82, 2.24) is 0 Å². The first-order valence-corrected chi connectivity index (χ1v) is 58.1. The van der Waals surface area contributed by atoms with Gasteiger partial charge in [0, 0.05) is 47.7 Å². The SMILES string of the molecule is C=C(CCC=O)C(C(C)C(=O)C(C)OP(P(P)P)P(PP)P(P)P)C(OPP)C1CC(OP(P(P)P(P)P)P(P(P)P)P(P)P)C(C)=CC1(C)C. The summed E-state index contributed by atoms with van der Waals surface area (Å²) in [5.41, 5.74) is 1.97. The van der Waals surface area contributed by atoms with Gasteiger partial charge in [-0.15, -0.1) is 98.2 Å². The van der Waals surface area contributed by atoms with Gasteiger partial charge in [-0.2, -0.15) is 0 Å². The van der Waals surface area contributed by atoms with Crippen LogP contribution < -0.4 is 0 Å². The Hall–Kier alpha value is 9.45. The minimum absolute atomic E-state index is 0.0340. The predicted octanol–water partition coefficient (Wildman–Crippen LogP) is 17.9. The van der Waals surface area contributed by atoms with Crippen molar-refractivity contribution >= 4 is 216 Å². The number of aldehydes is 1. The molecule has 1 aliphatic carbocycles. The zero-order valence-electron chi connectivity index (χ0n) is 29.5. The third-order valence-corrected chi connectivity index (χ3v) is 127. The van der Waals surface area contributed by atoms with E-state index in [1.807, 2.05) is 13.8 Å². The lowest BCUT2D eigenvalue weighted by molar-refractivity contribution is -0.131. The highest BCUT2D eigenvalue weighted by molar-refractivity contribution is 9.19. The van der Waals surface area contributed by atoms with Crippen LogP contribution >= 0.6 is 203 Å². The minimum atomic E-state index is -0.773. The second-order valence-electron chi connectivity index (χ2n) is 12.1. The fourth-order valence-electron chi connectivity index (χ4n) is 5.77. The van der Waals surface area contributed by atoms with Crippen LogP contribution in [0.5, 0.6) is 0 Å². The summed E-state index contributed by atoms with van der Waals surface area (Å²) in [6, 6.07) is 0. The van der Waals surface area contributed by atoms with E-state index in [1.165, 1.54) is 5.57 Å². The number of hydrogen-bond donors (Lipinski definition) is 0. The van der Waals surface area contributed by atoms with E-state index in [1.54, 1.807) is 0 Å². The van der Waals surface area contributed by atoms with Crippen LogP contribution in [0.2, 0.25) is 0 Å². The number of ketones is 1. The molecular weight excluding hydrogens is 1110 g/mol. The molecule has 25 unspecified atom stereocenters. The van der Waals surface area contributed by atoms with E-state index in [2.05, 4.69) is 149 Å². The van der Waals surface area contributed by atoms with Crippen LogP contribution in [0, 0.1) is 23.2 Å². The summed E-state index contributed by atoms with van der Waals surface area (Å²) in [6.07, 6.45) is 4.18. The monoisotopic (exact) mass is 1170 g/mol. The van der Waals surface area contributed by atoms with Gasteiger partial charge in [-0.1, -0.05) is 64.8 Å². The van der Waals surface area contributed by atoms with E-state index >= 15 is 0 Å². The van der Waals surface area contributed by atoms with E-state index in [0.29, 0.717) is 12.8 Å². The Morgan fingerprint density at radius 2 is 1.53 bits per heavy atom. The molecule has 0 aliphatic heterocycles. The van der Waals surface area contributed by atoms with Crippen molar-refractivity contribution in [3.05, 3.63) is 23.8 Å². The number of carbonyl (C=O) groups excluding carboxylic acids is 2. The molecule has 0 spiro atoms. The highest BCUT2D eigenvalue weighted by atomic mass is 33.2. The first-order chi connectivity index (χ1) is 23.6. The van der Waals surface area contributed by atoms with Crippen LogP contribution in [0.1, 0.15) is 53.9 Å². The van der Waals surface area contributed by atoms with Gasteiger partial charge in [-0.05, 0) is 78.5 Å². The van der Waals surface area contributed by atoms with E-state index < -0.39 is 41.0 Å². The number of rotatable bonds is 24. The summed E-state index contributed by atoms with van der Waals surface area (Å²) >= 11 is 0. The van der Waals surface area contributed by atoms with E-state index in [4.69, 9.17) is 13.6 Å². The van der Waals surface area contributed by atoms with Gasteiger partial charge in [-0.25, -0.2) is 0 Å². The summed E-state index contributed by atoms with van der Waals surface area (Å²) in [5, 5.41) is 0. The smallest absolute Gasteiger partial charge is 0.165 e. The molecule has 5 nitrogen and oxygen atoms in total. The molecule has 0 aromatic heterocycles. The van der Waals surface area contributed by atoms with Gasteiger partial charge in [0.2, 0.25) is 0 Å². The van der Waals surface area contributed by atoms with Crippen LogP contribution in [0.3, 0.4) is 0 Å². The first-order valence-electron chi connectivity index (χ1n) is 15.1. The Labute approximate surface area is 354 Å². The summed E-state index contributed by atoms with van der Waals surface area (Å²) in [7, 11) is 38.8. The second kappa shape index (κ2) is 29.9. The Morgan fingerprint density at radius 1 is 0.961 bits per heavy atom. The molecule has 0 saturated carbocycles. The largest absolute Gasteiger partial charge is 0.354 e. The lowest BCUT2D eigenvalue weighted by Gasteiger charge is -2.48. The zero-order chi connectivity index (χ0) is 39.5. The topological polar surface area (TPSA) is 61.8 Å². The molecule has 0 aromatic carbocycles. The molecule has 30 heteroatoms. The lowest BCUT2D eigenvalue weighted by atomic mass is 9.62. The minimum Gasteiger partial charge on any atom is -0.354 e. The summed E-state index contributed by atoms with van der Waals surface area (Å²) in [6.45, 7) is 12.5. The zero-order valence-corrected chi connectivity index (χ0v) is 55.4. The third-order valence-electron chi connectivity index (χ3n) is 8.07. The fourth-order valence-corrected chi connectivity index (χ4v) is 169. The highest BCUT2D eigenvalue weighted by Gasteiger charge is 2.48.